The van der Waals surface area contributed by atoms with Crippen molar-refractivity contribution in [2.75, 3.05) is 39.9 Å². The molecule has 1 aliphatic rings. The van der Waals surface area contributed by atoms with Crippen LogP contribution in [0.1, 0.15) is 58.6 Å². The molecule has 1 aromatic rings. The summed E-state index contributed by atoms with van der Waals surface area (Å²) < 4.78 is 5.62. The lowest BCUT2D eigenvalue weighted by Gasteiger charge is -2.37. The molecule has 2 unspecified atom stereocenters. The lowest BCUT2D eigenvalue weighted by molar-refractivity contribution is 0.114. The maximum atomic E-state index is 5.62. The van der Waals surface area contributed by atoms with Crippen LogP contribution < -0.4 is 10.6 Å². The van der Waals surface area contributed by atoms with E-state index in [4.69, 9.17) is 4.74 Å². The molecule has 0 aliphatic carbocycles. The smallest absolute Gasteiger partial charge is 0.193 e. The lowest BCUT2D eigenvalue weighted by Crippen LogP contribution is -2.55. The molecule has 0 aromatic heterocycles. The summed E-state index contributed by atoms with van der Waals surface area (Å²) in [5.41, 5.74) is 1.37. The van der Waals surface area contributed by atoms with Crippen LogP contribution >= 0.6 is 0 Å². The topological polar surface area (TPSA) is 48.9 Å². The minimum Gasteiger partial charge on any atom is -0.381 e. The first-order valence-electron chi connectivity index (χ1n) is 10.9. The molecular weight excluding hydrogens is 348 g/mol. The van der Waals surface area contributed by atoms with E-state index in [2.05, 4.69) is 78.6 Å². The zero-order valence-corrected chi connectivity index (χ0v) is 18.5. The van der Waals surface area contributed by atoms with Crippen molar-refractivity contribution < 1.29 is 4.74 Å². The van der Waals surface area contributed by atoms with Crippen molar-refractivity contribution in [3.63, 3.8) is 0 Å². The Morgan fingerprint density at radius 2 is 1.96 bits per heavy atom. The highest BCUT2D eigenvalue weighted by molar-refractivity contribution is 5.80. The summed E-state index contributed by atoms with van der Waals surface area (Å²) in [5, 5.41) is 7.56. The quantitative estimate of drug-likeness (QED) is 0.472. The van der Waals surface area contributed by atoms with E-state index in [9.17, 15) is 0 Å². The van der Waals surface area contributed by atoms with Gasteiger partial charge in [0.1, 0.15) is 0 Å². The zero-order valence-electron chi connectivity index (χ0n) is 18.5. The minimum absolute atomic E-state index is 0.0373. The minimum atomic E-state index is 0.0373. The Morgan fingerprint density at radius 3 is 2.57 bits per heavy atom. The maximum Gasteiger partial charge on any atom is 0.193 e. The van der Waals surface area contributed by atoms with Crippen molar-refractivity contribution >= 4 is 5.96 Å². The summed E-state index contributed by atoms with van der Waals surface area (Å²) in [6.07, 6.45) is 3.31. The molecule has 0 saturated carbocycles. The number of benzene rings is 1. The average molecular weight is 389 g/mol. The predicted octanol–water partition coefficient (Wildman–Crippen LogP) is 3.83. The van der Waals surface area contributed by atoms with E-state index in [-0.39, 0.29) is 5.54 Å². The maximum absolute atomic E-state index is 5.62. The van der Waals surface area contributed by atoms with Gasteiger partial charge in [0.05, 0.1) is 6.61 Å². The van der Waals surface area contributed by atoms with E-state index in [1.165, 1.54) is 12.0 Å². The van der Waals surface area contributed by atoms with E-state index >= 15 is 0 Å². The molecule has 2 N–H and O–H groups in total. The molecule has 0 radical (unpaired) electrons. The molecule has 1 fully saturated rings. The summed E-state index contributed by atoms with van der Waals surface area (Å²) in [7, 11) is 1.89. The van der Waals surface area contributed by atoms with Gasteiger partial charge in [-0.15, -0.1) is 0 Å². The second-order valence-corrected chi connectivity index (χ2v) is 7.93. The highest BCUT2D eigenvalue weighted by atomic mass is 16.5. The van der Waals surface area contributed by atoms with Crippen molar-refractivity contribution in [2.45, 2.75) is 58.5 Å². The Morgan fingerprint density at radius 1 is 1.25 bits per heavy atom. The van der Waals surface area contributed by atoms with Crippen LogP contribution in [0.15, 0.2) is 35.3 Å². The summed E-state index contributed by atoms with van der Waals surface area (Å²) in [4.78, 5) is 6.93. The molecule has 2 rings (SSSR count). The Balaban J connectivity index is 1.95. The standard InChI is InChI=1S/C23H40N4O/c1-6-23(7-2,26-19(4)21-12-10-9-11-13-21)18-25-22(24-5)27-15-14-20(16-27)17-28-8-3/h9-13,19-20,26H,6-8,14-18H2,1-5H3,(H,24,25). The molecule has 5 heteroatoms. The van der Waals surface area contributed by atoms with Gasteiger partial charge in [0, 0.05) is 50.8 Å². The van der Waals surface area contributed by atoms with E-state index in [0.717, 1.165) is 51.6 Å². The molecule has 1 aliphatic heterocycles. The van der Waals surface area contributed by atoms with Crippen molar-refractivity contribution in [3.8, 4) is 0 Å². The van der Waals surface area contributed by atoms with Crippen LogP contribution in [-0.2, 0) is 4.74 Å². The summed E-state index contributed by atoms with van der Waals surface area (Å²) in [5.74, 6) is 1.62. The molecule has 2 atom stereocenters. The van der Waals surface area contributed by atoms with Crippen LogP contribution in [-0.4, -0.2) is 56.3 Å². The lowest BCUT2D eigenvalue weighted by atomic mass is 9.90. The number of hydrogen-bond acceptors (Lipinski definition) is 3. The number of nitrogens with zero attached hydrogens (tertiary/aromatic N) is 2. The van der Waals surface area contributed by atoms with Gasteiger partial charge in [-0.1, -0.05) is 44.2 Å². The van der Waals surface area contributed by atoms with E-state index in [0.29, 0.717) is 12.0 Å². The molecule has 0 bridgehead atoms. The molecule has 1 aromatic carbocycles. The van der Waals surface area contributed by atoms with Crippen LogP contribution in [0.2, 0.25) is 0 Å². The Labute approximate surface area is 171 Å². The van der Waals surface area contributed by atoms with E-state index < -0.39 is 0 Å². The van der Waals surface area contributed by atoms with E-state index in [1.54, 1.807) is 0 Å². The summed E-state index contributed by atoms with van der Waals surface area (Å²) in [6.45, 7) is 13.5. The first-order chi connectivity index (χ1) is 13.6. The molecule has 158 valence electrons. The molecular formula is C23H40N4O. The van der Waals surface area contributed by atoms with Crippen molar-refractivity contribution in [1.29, 1.82) is 0 Å². The van der Waals surface area contributed by atoms with Gasteiger partial charge in [0.25, 0.3) is 0 Å². The Hall–Kier alpha value is -1.59. The fourth-order valence-corrected chi connectivity index (χ4v) is 4.07. The largest absolute Gasteiger partial charge is 0.381 e. The number of hydrogen-bond donors (Lipinski definition) is 2. The number of ether oxygens (including phenoxy) is 1. The highest BCUT2D eigenvalue weighted by Gasteiger charge is 2.30. The number of guanidine groups is 1. The third kappa shape index (κ3) is 6.21. The third-order valence-electron chi connectivity index (χ3n) is 6.12. The van der Waals surface area contributed by atoms with Crippen LogP contribution in [0.4, 0.5) is 0 Å². The van der Waals surface area contributed by atoms with Gasteiger partial charge in [-0.05, 0) is 38.7 Å². The van der Waals surface area contributed by atoms with Gasteiger partial charge in [-0.3, -0.25) is 4.99 Å². The number of aliphatic imine (C=N–C) groups is 1. The zero-order chi connectivity index (χ0) is 20.4. The fraction of sp³-hybridized carbons (Fsp3) is 0.696. The van der Waals surface area contributed by atoms with Crippen molar-refractivity contribution in [2.24, 2.45) is 10.9 Å². The number of likely N-dealkylation sites (tertiary alicyclic amines) is 1. The number of rotatable bonds is 10. The molecule has 1 saturated heterocycles. The molecule has 28 heavy (non-hydrogen) atoms. The first-order valence-corrected chi connectivity index (χ1v) is 10.9. The number of nitrogens with one attached hydrogen (secondary N) is 2. The van der Waals surface area contributed by atoms with Gasteiger partial charge in [-0.25, -0.2) is 0 Å². The predicted molar refractivity (Wildman–Crippen MR) is 119 cm³/mol. The molecule has 0 spiro atoms. The van der Waals surface area contributed by atoms with Crippen LogP contribution in [0.25, 0.3) is 0 Å². The SMILES string of the molecule is CCOCC1CCN(C(=NC)NCC(CC)(CC)NC(C)c2ccccc2)C1. The third-order valence-corrected chi connectivity index (χ3v) is 6.12. The molecule has 5 nitrogen and oxygen atoms in total. The second-order valence-electron chi connectivity index (χ2n) is 7.93. The van der Waals surface area contributed by atoms with Gasteiger partial charge in [-0.2, -0.15) is 0 Å². The van der Waals surface area contributed by atoms with Gasteiger partial charge in [0.2, 0.25) is 0 Å². The molecule has 0 amide bonds. The first kappa shape index (κ1) is 22.7. The second kappa shape index (κ2) is 11.4. The highest BCUT2D eigenvalue weighted by Crippen LogP contribution is 2.22. The van der Waals surface area contributed by atoms with Gasteiger partial charge < -0.3 is 20.3 Å². The Kier molecular flexibility index (Phi) is 9.26. The van der Waals surface area contributed by atoms with Gasteiger partial charge >= 0.3 is 0 Å². The van der Waals surface area contributed by atoms with Gasteiger partial charge in [0.15, 0.2) is 5.96 Å². The van der Waals surface area contributed by atoms with Crippen LogP contribution in [0.5, 0.6) is 0 Å². The monoisotopic (exact) mass is 388 g/mol. The summed E-state index contributed by atoms with van der Waals surface area (Å²) in [6, 6.07) is 11.0. The van der Waals surface area contributed by atoms with Crippen molar-refractivity contribution in [1.82, 2.24) is 15.5 Å². The van der Waals surface area contributed by atoms with E-state index in [1.807, 2.05) is 7.05 Å². The normalized spacial score (nSPS) is 19.1. The van der Waals surface area contributed by atoms with Crippen LogP contribution in [0, 0.1) is 5.92 Å². The molecule has 1 heterocycles. The summed E-state index contributed by atoms with van der Waals surface area (Å²) >= 11 is 0. The average Bonchev–Trinajstić information content (AvgIpc) is 3.21. The Bertz CT molecular complexity index is 586. The van der Waals surface area contributed by atoms with Crippen LogP contribution in [0.3, 0.4) is 0 Å². The fourth-order valence-electron chi connectivity index (χ4n) is 4.07. The van der Waals surface area contributed by atoms with Crippen molar-refractivity contribution in [3.05, 3.63) is 35.9 Å².